The van der Waals surface area contributed by atoms with Crippen molar-refractivity contribution in [3.05, 3.63) is 31.9 Å². The maximum absolute atomic E-state index is 13.4. The minimum absolute atomic E-state index is 0.00157. The molecule has 0 bridgehead atoms. The van der Waals surface area contributed by atoms with Crippen LogP contribution < -0.4 is 10.5 Å². The van der Waals surface area contributed by atoms with Gasteiger partial charge in [0.25, 0.3) is 11.5 Å². The van der Waals surface area contributed by atoms with Crippen LogP contribution in [0.4, 0.5) is 5.82 Å². The molecule has 1 aromatic rings. The molecule has 2 aliphatic heterocycles. The highest BCUT2D eigenvalue weighted by molar-refractivity contribution is 8.26. The molecule has 0 spiro atoms. The van der Waals surface area contributed by atoms with E-state index in [9.17, 15) is 14.9 Å². The highest BCUT2D eigenvalue weighted by atomic mass is 32.2. The summed E-state index contributed by atoms with van der Waals surface area (Å²) in [4.78, 5) is 31.3. The number of nitrogens with zero attached hydrogens (tertiary/aromatic N) is 4. The van der Waals surface area contributed by atoms with E-state index < -0.39 is 0 Å². The Balaban J connectivity index is 1.88. The van der Waals surface area contributed by atoms with Crippen LogP contribution in [0.25, 0.3) is 6.08 Å². The van der Waals surface area contributed by atoms with Crippen LogP contribution in [0.15, 0.2) is 9.70 Å². The Bertz CT molecular complexity index is 1120. The van der Waals surface area contributed by atoms with E-state index in [4.69, 9.17) is 17.0 Å². The number of rotatable bonds is 5. The van der Waals surface area contributed by atoms with Crippen LogP contribution in [0.1, 0.15) is 69.6 Å². The lowest BCUT2D eigenvalue weighted by molar-refractivity contribution is -0.123. The largest absolute Gasteiger partial charge is 0.372 e. The van der Waals surface area contributed by atoms with Crippen molar-refractivity contribution in [3.8, 4) is 6.07 Å². The molecular formula is C25H32N4O3S2. The first-order valence-corrected chi connectivity index (χ1v) is 13.3. The fourth-order valence-corrected chi connectivity index (χ4v) is 6.74. The summed E-state index contributed by atoms with van der Waals surface area (Å²) in [5, 5.41) is 9.82. The second-order valence-corrected chi connectivity index (χ2v) is 11.1. The van der Waals surface area contributed by atoms with Crippen LogP contribution in [-0.2, 0) is 16.1 Å². The van der Waals surface area contributed by atoms with Gasteiger partial charge in [-0.15, -0.1) is 0 Å². The Morgan fingerprint density at radius 2 is 1.85 bits per heavy atom. The van der Waals surface area contributed by atoms with Crippen LogP contribution in [0.3, 0.4) is 0 Å². The lowest BCUT2D eigenvalue weighted by Crippen LogP contribution is -2.48. The summed E-state index contributed by atoms with van der Waals surface area (Å²) in [6.07, 6.45) is 6.80. The van der Waals surface area contributed by atoms with Gasteiger partial charge in [0, 0.05) is 31.2 Å². The number of amides is 1. The third kappa shape index (κ3) is 4.56. The fourth-order valence-electron chi connectivity index (χ4n) is 5.35. The van der Waals surface area contributed by atoms with E-state index in [0.29, 0.717) is 34.4 Å². The molecule has 3 fully saturated rings. The van der Waals surface area contributed by atoms with E-state index in [1.165, 1.54) is 11.8 Å². The van der Waals surface area contributed by atoms with Crippen LogP contribution in [0.5, 0.6) is 0 Å². The van der Waals surface area contributed by atoms with Crippen molar-refractivity contribution in [2.75, 3.05) is 18.0 Å². The van der Waals surface area contributed by atoms with E-state index >= 15 is 0 Å². The van der Waals surface area contributed by atoms with Gasteiger partial charge in [-0.25, -0.2) is 0 Å². The lowest BCUT2D eigenvalue weighted by atomic mass is 10.0. The summed E-state index contributed by atoms with van der Waals surface area (Å²) < 4.78 is 8.24. The topological polar surface area (TPSA) is 78.6 Å². The number of ether oxygens (including phenoxy) is 1. The van der Waals surface area contributed by atoms with Crippen LogP contribution >= 0.6 is 24.0 Å². The second-order valence-electron chi connectivity index (χ2n) is 9.46. The monoisotopic (exact) mass is 500 g/mol. The maximum atomic E-state index is 13.4. The van der Waals surface area contributed by atoms with Gasteiger partial charge in [0.2, 0.25) is 0 Å². The van der Waals surface area contributed by atoms with Crippen molar-refractivity contribution < 1.29 is 9.53 Å². The fraction of sp³-hybridized carbons (Fsp3) is 0.600. The quantitative estimate of drug-likeness (QED) is 0.443. The summed E-state index contributed by atoms with van der Waals surface area (Å²) in [7, 11) is 0. The van der Waals surface area contributed by atoms with E-state index in [1.54, 1.807) is 16.4 Å². The van der Waals surface area contributed by atoms with Gasteiger partial charge in [0.1, 0.15) is 21.8 Å². The third-order valence-electron chi connectivity index (χ3n) is 6.80. The first-order valence-electron chi connectivity index (χ1n) is 12.1. The third-order valence-corrected chi connectivity index (χ3v) is 8.13. The number of thioether (sulfide) groups is 1. The van der Waals surface area contributed by atoms with Gasteiger partial charge in [-0.1, -0.05) is 43.7 Å². The van der Waals surface area contributed by atoms with Crippen molar-refractivity contribution in [3.63, 3.8) is 0 Å². The van der Waals surface area contributed by atoms with Gasteiger partial charge < -0.3 is 9.64 Å². The van der Waals surface area contributed by atoms with Gasteiger partial charge in [-0.3, -0.25) is 19.1 Å². The number of aromatic nitrogens is 1. The summed E-state index contributed by atoms with van der Waals surface area (Å²) in [5.41, 5.74) is 1.20. The number of carbonyl (C=O) groups is 1. The van der Waals surface area contributed by atoms with Gasteiger partial charge >= 0.3 is 0 Å². The van der Waals surface area contributed by atoms with Crippen LogP contribution in [0, 0.1) is 18.3 Å². The van der Waals surface area contributed by atoms with Gasteiger partial charge in [-0.2, -0.15) is 5.26 Å². The van der Waals surface area contributed by atoms with Crippen LogP contribution in [-0.4, -0.2) is 51.0 Å². The number of hydrogen-bond donors (Lipinski definition) is 0. The zero-order valence-corrected chi connectivity index (χ0v) is 21.9. The number of thiocarbonyl (C=S) groups is 1. The Hall–Kier alpha value is -2.15. The zero-order chi connectivity index (χ0) is 24.6. The van der Waals surface area contributed by atoms with Crippen LogP contribution in [0.2, 0.25) is 0 Å². The molecule has 1 aromatic heterocycles. The molecule has 2 unspecified atom stereocenters. The molecule has 0 aromatic carbocycles. The predicted molar refractivity (Wildman–Crippen MR) is 140 cm³/mol. The first-order chi connectivity index (χ1) is 16.3. The molecule has 3 heterocycles. The molecule has 3 aliphatic rings. The molecule has 0 N–H and O–H groups in total. The molecule has 0 radical (unpaired) electrons. The minimum atomic E-state index is -0.278. The van der Waals surface area contributed by atoms with E-state index in [-0.39, 0.29) is 35.3 Å². The van der Waals surface area contributed by atoms with E-state index in [2.05, 4.69) is 11.0 Å². The number of nitriles is 1. The molecule has 34 heavy (non-hydrogen) atoms. The SMILES string of the molecule is CCCn1c(N2CC(C)OC(C)C2)c(/C=C2\SC(=S)N(C3CCCC3)C2=O)c(C)c(C#N)c1=O. The first kappa shape index (κ1) is 25.0. The Kier molecular flexibility index (Phi) is 7.51. The molecule has 1 amide bonds. The molecule has 4 rings (SSSR count). The number of hydrogen-bond acceptors (Lipinski definition) is 7. The summed E-state index contributed by atoms with van der Waals surface area (Å²) in [6, 6.07) is 2.29. The number of pyridine rings is 1. The highest BCUT2D eigenvalue weighted by Crippen LogP contribution is 2.39. The van der Waals surface area contributed by atoms with Crippen molar-refractivity contribution in [1.29, 1.82) is 5.26 Å². The molecule has 9 heteroatoms. The average molecular weight is 501 g/mol. The van der Waals surface area contributed by atoms with Gasteiger partial charge in [0.15, 0.2) is 0 Å². The Morgan fingerprint density at radius 3 is 2.44 bits per heavy atom. The standard InChI is InChI=1S/C25H32N4O3S2/c1-5-10-28-22(27-13-15(2)32-16(3)14-27)19(17(4)20(12-26)23(28)30)11-21-24(31)29(25(33)34-21)18-8-6-7-9-18/h11,15-16,18H,5-10,13-14H2,1-4H3/b21-11-. The van der Waals surface area contributed by atoms with Crippen molar-refractivity contribution >= 4 is 46.1 Å². The molecule has 1 aliphatic carbocycles. The number of morpholine rings is 1. The summed E-state index contributed by atoms with van der Waals surface area (Å²) in [5.74, 6) is 0.694. The molecule has 7 nitrogen and oxygen atoms in total. The second kappa shape index (κ2) is 10.2. The van der Waals surface area contributed by atoms with Gasteiger partial charge in [0.05, 0.1) is 17.1 Å². The zero-order valence-electron chi connectivity index (χ0n) is 20.3. The van der Waals surface area contributed by atoms with Gasteiger partial charge in [-0.05, 0) is 51.7 Å². The molecule has 182 valence electrons. The molecule has 2 atom stereocenters. The maximum Gasteiger partial charge on any atom is 0.270 e. The Labute approximate surface area is 210 Å². The normalized spacial score (nSPS) is 25.0. The summed E-state index contributed by atoms with van der Waals surface area (Å²) >= 11 is 6.92. The van der Waals surface area contributed by atoms with E-state index in [0.717, 1.165) is 43.5 Å². The van der Waals surface area contributed by atoms with E-state index in [1.807, 2.05) is 26.8 Å². The number of carbonyl (C=O) groups excluding carboxylic acids is 1. The summed E-state index contributed by atoms with van der Waals surface area (Å²) in [6.45, 7) is 9.61. The lowest BCUT2D eigenvalue weighted by Gasteiger charge is -2.39. The van der Waals surface area contributed by atoms with Crippen molar-refractivity contribution in [1.82, 2.24) is 9.47 Å². The number of anilines is 1. The molecule has 1 saturated carbocycles. The molecule has 2 saturated heterocycles. The minimum Gasteiger partial charge on any atom is -0.372 e. The smallest absolute Gasteiger partial charge is 0.270 e. The molecular weight excluding hydrogens is 468 g/mol. The predicted octanol–water partition coefficient (Wildman–Crippen LogP) is 4.20. The average Bonchev–Trinajstić information content (AvgIpc) is 3.39. The van der Waals surface area contributed by atoms with Crippen molar-refractivity contribution in [2.24, 2.45) is 0 Å². The van der Waals surface area contributed by atoms with Crippen molar-refractivity contribution in [2.45, 2.75) is 84.6 Å². The highest BCUT2D eigenvalue weighted by Gasteiger charge is 2.39. The Morgan fingerprint density at radius 1 is 1.21 bits per heavy atom.